The molecule has 246 valence electrons. The average Bonchev–Trinajstić information content (AvgIpc) is 3.11. The highest BCUT2D eigenvalue weighted by atomic mass is 35.5. The van der Waals surface area contributed by atoms with Gasteiger partial charge >= 0.3 is 6.03 Å². The molecule has 0 bridgehead atoms. The molecule has 5 nitrogen and oxygen atoms in total. The highest BCUT2D eigenvalue weighted by Crippen LogP contribution is 2.38. The van der Waals surface area contributed by atoms with Crippen molar-refractivity contribution in [3.05, 3.63) is 160 Å². The van der Waals surface area contributed by atoms with Crippen molar-refractivity contribution in [2.75, 3.05) is 18.4 Å². The molecule has 0 fully saturated rings. The van der Waals surface area contributed by atoms with Crippen LogP contribution in [0.25, 0.3) is 0 Å². The summed E-state index contributed by atoms with van der Waals surface area (Å²) >= 11 is 6.10. The van der Waals surface area contributed by atoms with E-state index in [-0.39, 0.29) is 23.4 Å². The summed E-state index contributed by atoms with van der Waals surface area (Å²) in [6.07, 6.45) is 3.29. The van der Waals surface area contributed by atoms with E-state index < -0.39 is 0 Å². The van der Waals surface area contributed by atoms with Gasteiger partial charge < -0.3 is 19.7 Å². The van der Waals surface area contributed by atoms with Crippen LogP contribution in [0.2, 0.25) is 5.02 Å². The molecule has 5 aromatic rings. The van der Waals surface area contributed by atoms with Gasteiger partial charge in [0.1, 0.15) is 29.5 Å². The third-order valence-electron chi connectivity index (χ3n) is 8.95. The maximum atomic E-state index is 13.8. The molecule has 7 heteroatoms. The van der Waals surface area contributed by atoms with Gasteiger partial charge in [0.15, 0.2) is 0 Å². The highest BCUT2D eigenvalue weighted by Gasteiger charge is 2.32. The number of ether oxygens (including phenoxy) is 2. The van der Waals surface area contributed by atoms with Gasteiger partial charge in [-0.2, -0.15) is 0 Å². The van der Waals surface area contributed by atoms with Crippen molar-refractivity contribution in [1.29, 1.82) is 0 Å². The van der Waals surface area contributed by atoms with Gasteiger partial charge in [-0.05, 0) is 109 Å². The topological polar surface area (TPSA) is 50.8 Å². The van der Waals surface area contributed by atoms with Crippen molar-refractivity contribution in [2.45, 2.75) is 50.7 Å². The largest absolute Gasteiger partial charge is 0.489 e. The van der Waals surface area contributed by atoms with E-state index in [0.717, 1.165) is 59.4 Å². The van der Waals surface area contributed by atoms with E-state index in [2.05, 4.69) is 36.5 Å². The van der Waals surface area contributed by atoms with Gasteiger partial charge in [0, 0.05) is 29.7 Å². The first-order valence-corrected chi connectivity index (χ1v) is 16.8. The second-order valence-electron chi connectivity index (χ2n) is 12.6. The Morgan fingerprint density at radius 3 is 2.25 bits per heavy atom. The SMILES string of the molecule is CC1(CCCN(CC(c2ccccc2)c2ccccc2)C(=O)Nc2ccc(Cl)cc2)CCc2cc(OCc3ccc(F)cc3)ccc2O1. The van der Waals surface area contributed by atoms with Crippen molar-refractivity contribution in [2.24, 2.45) is 0 Å². The number of amides is 2. The first kappa shape index (κ1) is 33.1. The van der Waals surface area contributed by atoms with Gasteiger partial charge in [0.2, 0.25) is 0 Å². The van der Waals surface area contributed by atoms with Crippen LogP contribution in [-0.2, 0) is 13.0 Å². The van der Waals surface area contributed by atoms with Crippen molar-refractivity contribution in [3.63, 3.8) is 0 Å². The number of carbonyl (C=O) groups is 1. The average molecular weight is 663 g/mol. The molecule has 48 heavy (non-hydrogen) atoms. The normalized spacial score (nSPS) is 15.3. The van der Waals surface area contributed by atoms with E-state index in [0.29, 0.717) is 30.4 Å². The Balaban J connectivity index is 1.13. The number of hydrogen-bond acceptors (Lipinski definition) is 3. The van der Waals surface area contributed by atoms with Crippen LogP contribution in [0.5, 0.6) is 11.5 Å². The zero-order valence-corrected chi connectivity index (χ0v) is 27.8. The maximum Gasteiger partial charge on any atom is 0.321 e. The summed E-state index contributed by atoms with van der Waals surface area (Å²) in [4.78, 5) is 15.8. The summed E-state index contributed by atoms with van der Waals surface area (Å²) in [6.45, 7) is 3.62. The van der Waals surface area contributed by atoms with Gasteiger partial charge in [0.05, 0.1) is 0 Å². The first-order chi connectivity index (χ1) is 23.3. The van der Waals surface area contributed by atoms with Crippen LogP contribution in [0.4, 0.5) is 14.9 Å². The Hall–Kier alpha value is -4.81. The molecule has 0 saturated heterocycles. The van der Waals surface area contributed by atoms with E-state index in [1.807, 2.05) is 71.6 Å². The van der Waals surface area contributed by atoms with Gasteiger partial charge in [-0.15, -0.1) is 0 Å². The van der Waals surface area contributed by atoms with Crippen LogP contribution in [0.15, 0.2) is 127 Å². The number of rotatable bonds is 12. The molecule has 5 aromatic carbocycles. The Morgan fingerprint density at radius 2 is 1.58 bits per heavy atom. The maximum absolute atomic E-state index is 13.8. The predicted octanol–water partition coefficient (Wildman–Crippen LogP) is 10.3. The summed E-state index contributed by atoms with van der Waals surface area (Å²) in [5, 5.41) is 3.71. The summed E-state index contributed by atoms with van der Waals surface area (Å²) in [5.41, 5.74) is 4.68. The molecule has 1 heterocycles. The number of halogens is 2. The lowest BCUT2D eigenvalue weighted by Crippen LogP contribution is -2.41. The van der Waals surface area contributed by atoms with E-state index in [1.165, 1.54) is 12.1 Å². The van der Waals surface area contributed by atoms with Gasteiger partial charge in [-0.3, -0.25) is 0 Å². The molecule has 1 aliphatic rings. The molecule has 0 spiro atoms. The minimum atomic E-state index is -0.361. The summed E-state index contributed by atoms with van der Waals surface area (Å²) in [7, 11) is 0. The fourth-order valence-corrected chi connectivity index (χ4v) is 6.36. The molecule has 0 aliphatic carbocycles. The smallest absolute Gasteiger partial charge is 0.321 e. The second-order valence-corrected chi connectivity index (χ2v) is 13.0. The first-order valence-electron chi connectivity index (χ1n) is 16.4. The Labute approximate surface area is 287 Å². The molecule has 6 rings (SSSR count). The van der Waals surface area contributed by atoms with Crippen LogP contribution < -0.4 is 14.8 Å². The van der Waals surface area contributed by atoms with Crippen molar-refractivity contribution in [1.82, 2.24) is 4.90 Å². The fourth-order valence-electron chi connectivity index (χ4n) is 6.23. The predicted molar refractivity (Wildman–Crippen MR) is 191 cm³/mol. The van der Waals surface area contributed by atoms with Gasteiger partial charge in [-0.25, -0.2) is 9.18 Å². The minimum absolute atomic E-state index is 0.0104. The lowest BCUT2D eigenvalue weighted by Gasteiger charge is -2.37. The van der Waals surface area contributed by atoms with Crippen LogP contribution in [0, 0.1) is 5.82 Å². The van der Waals surface area contributed by atoms with Crippen LogP contribution in [0.3, 0.4) is 0 Å². The number of nitrogens with zero attached hydrogens (tertiary/aromatic N) is 1. The summed E-state index contributed by atoms with van der Waals surface area (Å²) in [5.74, 6) is 1.38. The lowest BCUT2D eigenvalue weighted by atomic mass is 9.88. The number of nitrogens with one attached hydrogen (secondary N) is 1. The molecule has 1 atom stereocenters. The van der Waals surface area contributed by atoms with Crippen molar-refractivity contribution >= 4 is 23.3 Å². The quantitative estimate of drug-likeness (QED) is 0.145. The molecule has 1 unspecified atom stereocenters. The molecule has 0 saturated carbocycles. The van der Waals surface area contributed by atoms with E-state index in [9.17, 15) is 9.18 Å². The molecule has 1 aliphatic heterocycles. The Kier molecular flexibility index (Phi) is 10.6. The zero-order chi connectivity index (χ0) is 33.3. The third kappa shape index (κ3) is 8.75. The number of aryl methyl sites for hydroxylation is 1. The van der Waals surface area contributed by atoms with Crippen LogP contribution >= 0.6 is 11.6 Å². The summed E-state index contributed by atoms with van der Waals surface area (Å²) in [6, 6.07) is 40.0. The minimum Gasteiger partial charge on any atom is -0.489 e. The number of anilines is 1. The number of hydrogen-bond donors (Lipinski definition) is 1. The monoisotopic (exact) mass is 662 g/mol. The fraction of sp³-hybridized carbons (Fsp3) is 0.244. The Bertz CT molecular complexity index is 1750. The highest BCUT2D eigenvalue weighted by molar-refractivity contribution is 6.30. The van der Waals surface area contributed by atoms with Crippen LogP contribution in [0.1, 0.15) is 54.4 Å². The molecule has 0 aromatic heterocycles. The molecule has 0 radical (unpaired) electrons. The summed E-state index contributed by atoms with van der Waals surface area (Å²) < 4.78 is 25.8. The van der Waals surface area contributed by atoms with E-state index >= 15 is 0 Å². The zero-order valence-electron chi connectivity index (χ0n) is 27.1. The number of carbonyl (C=O) groups excluding carboxylic acids is 1. The van der Waals surface area contributed by atoms with E-state index in [4.69, 9.17) is 21.1 Å². The van der Waals surface area contributed by atoms with Gasteiger partial charge in [0.25, 0.3) is 0 Å². The van der Waals surface area contributed by atoms with Gasteiger partial charge in [-0.1, -0.05) is 84.4 Å². The molecular formula is C41H40ClFN2O3. The van der Waals surface area contributed by atoms with Crippen molar-refractivity contribution < 1.29 is 18.7 Å². The second kappa shape index (κ2) is 15.4. The molecular weight excluding hydrogens is 623 g/mol. The molecule has 1 N–H and O–H groups in total. The number of benzene rings is 5. The van der Waals surface area contributed by atoms with Crippen molar-refractivity contribution in [3.8, 4) is 11.5 Å². The third-order valence-corrected chi connectivity index (χ3v) is 9.21. The number of fused-ring (bicyclic) bond motifs is 1. The van der Waals surface area contributed by atoms with Crippen LogP contribution in [-0.4, -0.2) is 29.6 Å². The lowest BCUT2D eigenvalue weighted by molar-refractivity contribution is 0.0518. The standard InChI is InChI=1S/C41H40ClFN2O3/c1-41(25-23-33-27-37(21-22-39(33)48-41)47-29-30-13-17-35(43)18-14-30)24-8-26-45(40(46)44-36-19-15-34(42)16-20-36)28-38(31-9-4-2-5-10-31)32-11-6-3-7-12-32/h2-7,9-22,27,38H,8,23-26,28-29H2,1H3,(H,44,46). The van der Waals surface area contributed by atoms with E-state index in [1.54, 1.807) is 24.3 Å². The number of urea groups is 1. The molecule has 2 amide bonds. The Morgan fingerprint density at radius 1 is 0.917 bits per heavy atom.